The number of nitrogens with one attached hydrogen (secondary N) is 2. The van der Waals surface area contributed by atoms with E-state index >= 15 is 0 Å². The number of rotatable bonds is 6. The molecule has 5 nitrogen and oxygen atoms in total. The van der Waals surface area contributed by atoms with Gasteiger partial charge >= 0.3 is 0 Å². The summed E-state index contributed by atoms with van der Waals surface area (Å²) in [4.78, 5) is 18.8. The van der Waals surface area contributed by atoms with Crippen LogP contribution in [0.3, 0.4) is 0 Å². The van der Waals surface area contributed by atoms with Crippen LogP contribution in [0.15, 0.2) is 66.9 Å². The number of hydrogen-bond donors (Lipinski definition) is 2. The number of hydrogen-bond acceptors (Lipinski definition) is 4. The van der Waals surface area contributed by atoms with E-state index in [1.807, 2.05) is 73.6 Å². The van der Waals surface area contributed by atoms with Gasteiger partial charge in [-0.3, -0.25) is 9.78 Å². The molecule has 1 amide bonds. The molecule has 5 heteroatoms. The minimum Gasteiger partial charge on any atom is -0.378 e. The molecule has 0 saturated carbocycles. The second-order valence-corrected chi connectivity index (χ2v) is 7.23. The largest absolute Gasteiger partial charge is 0.378 e. The van der Waals surface area contributed by atoms with Gasteiger partial charge in [-0.05, 0) is 60.0 Å². The lowest BCUT2D eigenvalue weighted by molar-refractivity contribution is 0.102. The Hall–Kier alpha value is -3.34. The highest BCUT2D eigenvalue weighted by Gasteiger charge is 2.09. The van der Waals surface area contributed by atoms with E-state index in [1.165, 1.54) is 5.56 Å². The summed E-state index contributed by atoms with van der Waals surface area (Å²) in [7, 11) is 4.01. The Bertz CT molecular complexity index is 932. The van der Waals surface area contributed by atoms with Crippen LogP contribution in [-0.4, -0.2) is 25.0 Å². The molecular formula is C23H26N4O. The number of carbonyl (C=O) groups excluding carboxylic acids is 1. The molecule has 0 atom stereocenters. The van der Waals surface area contributed by atoms with Crippen molar-refractivity contribution in [3.8, 4) is 0 Å². The highest BCUT2D eigenvalue weighted by atomic mass is 16.1. The highest BCUT2D eigenvalue weighted by Crippen LogP contribution is 2.21. The molecular weight excluding hydrogens is 348 g/mol. The first-order valence-corrected chi connectivity index (χ1v) is 9.34. The third kappa shape index (κ3) is 4.88. The number of aromatic nitrogens is 1. The minimum absolute atomic E-state index is 0.232. The highest BCUT2D eigenvalue weighted by molar-refractivity contribution is 6.03. The fourth-order valence-electron chi connectivity index (χ4n) is 2.79. The van der Waals surface area contributed by atoms with Gasteiger partial charge in [0.2, 0.25) is 0 Å². The van der Waals surface area contributed by atoms with Gasteiger partial charge in [-0.2, -0.15) is 0 Å². The number of amides is 1. The van der Waals surface area contributed by atoms with Crippen molar-refractivity contribution in [2.24, 2.45) is 0 Å². The average Bonchev–Trinajstić information content (AvgIpc) is 2.69. The maximum absolute atomic E-state index is 12.6. The van der Waals surface area contributed by atoms with Gasteiger partial charge in [0.15, 0.2) is 0 Å². The molecule has 0 saturated heterocycles. The van der Waals surface area contributed by atoms with Crippen molar-refractivity contribution in [2.75, 3.05) is 29.6 Å². The predicted octanol–water partition coefficient (Wildman–Crippen LogP) is 5.27. The van der Waals surface area contributed by atoms with Gasteiger partial charge in [0.25, 0.3) is 5.91 Å². The Morgan fingerprint density at radius 3 is 2.14 bits per heavy atom. The Labute approximate surface area is 166 Å². The lowest BCUT2D eigenvalue weighted by Gasteiger charge is -2.13. The molecule has 0 radical (unpaired) electrons. The molecule has 1 heterocycles. The standard InChI is InChI=1S/C23H26N4O/c1-16(2)17-5-7-19(8-6-17)26-23(28)22-15-20(13-14-24-22)25-18-9-11-21(12-10-18)27(3)4/h5-16H,1-4H3,(H,24,25)(H,26,28). The zero-order chi connectivity index (χ0) is 20.1. The third-order valence-electron chi connectivity index (χ3n) is 4.50. The van der Waals surface area contributed by atoms with Crippen molar-refractivity contribution < 1.29 is 4.79 Å². The monoisotopic (exact) mass is 374 g/mol. The van der Waals surface area contributed by atoms with E-state index in [0.717, 1.165) is 22.7 Å². The van der Waals surface area contributed by atoms with Crippen molar-refractivity contribution in [2.45, 2.75) is 19.8 Å². The Balaban J connectivity index is 1.68. The molecule has 2 N–H and O–H groups in total. The summed E-state index contributed by atoms with van der Waals surface area (Å²) in [6.45, 7) is 4.29. The van der Waals surface area contributed by atoms with Gasteiger partial charge in [0.05, 0.1) is 0 Å². The number of anilines is 4. The first-order chi connectivity index (χ1) is 13.4. The van der Waals surface area contributed by atoms with E-state index in [2.05, 4.69) is 29.5 Å². The van der Waals surface area contributed by atoms with Gasteiger partial charge in [-0.15, -0.1) is 0 Å². The van der Waals surface area contributed by atoms with Crippen molar-refractivity contribution in [1.82, 2.24) is 4.98 Å². The number of nitrogens with zero attached hydrogens (tertiary/aromatic N) is 2. The summed E-state index contributed by atoms with van der Waals surface area (Å²) in [5.74, 6) is 0.227. The Morgan fingerprint density at radius 2 is 1.54 bits per heavy atom. The molecule has 3 aromatic rings. The van der Waals surface area contributed by atoms with Crippen LogP contribution >= 0.6 is 0 Å². The molecule has 0 bridgehead atoms. The second-order valence-electron chi connectivity index (χ2n) is 7.23. The van der Waals surface area contributed by atoms with Crippen LogP contribution in [-0.2, 0) is 0 Å². The van der Waals surface area contributed by atoms with Gasteiger partial charge in [-0.25, -0.2) is 0 Å². The lowest BCUT2D eigenvalue weighted by atomic mass is 10.0. The first kappa shape index (κ1) is 19.4. The van der Waals surface area contributed by atoms with E-state index in [9.17, 15) is 4.79 Å². The van der Waals surface area contributed by atoms with E-state index in [-0.39, 0.29) is 5.91 Å². The SMILES string of the molecule is CC(C)c1ccc(NC(=O)c2cc(Nc3ccc(N(C)C)cc3)ccn2)cc1. The minimum atomic E-state index is -0.232. The topological polar surface area (TPSA) is 57.3 Å². The van der Waals surface area contributed by atoms with Crippen molar-refractivity contribution in [3.63, 3.8) is 0 Å². The summed E-state index contributed by atoms with van der Waals surface area (Å²) in [5, 5.41) is 6.21. The smallest absolute Gasteiger partial charge is 0.274 e. The molecule has 0 aliphatic rings. The maximum atomic E-state index is 12.6. The van der Waals surface area contributed by atoms with Gasteiger partial charge in [0, 0.05) is 43.0 Å². The fourth-order valence-corrected chi connectivity index (χ4v) is 2.79. The summed E-state index contributed by atoms with van der Waals surface area (Å²) in [5.41, 5.74) is 5.25. The number of carbonyl (C=O) groups is 1. The van der Waals surface area contributed by atoms with E-state index < -0.39 is 0 Å². The fraction of sp³-hybridized carbons (Fsp3) is 0.217. The van der Waals surface area contributed by atoms with Gasteiger partial charge < -0.3 is 15.5 Å². The second kappa shape index (κ2) is 8.57. The quantitative estimate of drug-likeness (QED) is 0.617. The molecule has 3 rings (SSSR count). The van der Waals surface area contributed by atoms with Crippen LogP contribution in [0.4, 0.5) is 22.7 Å². The predicted molar refractivity (Wildman–Crippen MR) is 117 cm³/mol. The van der Waals surface area contributed by atoms with Crippen LogP contribution < -0.4 is 15.5 Å². The molecule has 144 valence electrons. The molecule has 0 fully saturated rings. The van der Waals surface area contributed by atoms with Crippen LogP contribution in [0.1, 0.15) is 35.8 Å². The summed E-state index contributed by atoms with van der Waals surface area (Å²) < 4.78 is 0. The van der Waals surface area contributed by atoms with Crippen LogP contribution in [0.5, 0.6) is 0 Å². The molecule has 28 heavy (non-hydrogen) atoms. The molecule has 0 aliphatic heterocycles. The molecule has 0 spiro atoms. The van der Waals surface area contributed by atoms with E-state index in [0.29, 0.717) is 11.6 Å². The Kier molecular flexibility index (Phi) is 5.94. The summed E-state index contributed by atoms with van der Waals surface area (Å²) in [6.07, 6.45) is 1.63. The lowest BCUT2D eigenvalue weighted by Crippen LogP contribution is -2.13. The van der Waals surface area contributed by atoms with E-state index in [1.54, 1.807) is 12.3 Å². The van der Waals surface area contributed by atoms with Gasteiger partial charge in [-0.1, -0.05) is 26.0 Å². The molecule has 0 unspecified atom stereocenters. The van der Waals surface area contributed by atoms with Crippen molar-refractivity contribution in [1.29, 1.82) is 0 Å². The van der Waals surface area contributed by atoms with Crippen molar-refractivity contribution in [3.05, 3.63) is 78.1 Å². The van der Waals surface area contributed by atoms with Crippen LogP contribution in [0, 0.1) is 0 Å². The third-order valence-corrected chi connectivity index (χ3v) is 4.50. The zero-order valence-corrected chi connectivity index (χ0v) is 16.7. The Morgan fingerprint density at radius 1 is 0.893 bits per heavy atom. The van der Waals surface area contributed by atoms with Gasteiger partial charge in [0.1, 0.15) is 5.69 Å². The molecule has 1 aromatic heterocycles. The number of benzene rings is 2. The maximum Gasteiger partial charge on any atom is 0.274 e. The van der Waals surface area contributed by atoms with Crippen LogP contribution in [0.25, 0.3) is 0 Å². The van der Waals surface area contributed by atoms with Crippen LogP contribution in [0.2, 0.25) is 0 Å². The zero-order valence-electron chi connectivity index (χ0n) is 16.7. The molecule has 0 aliphatic carbocycles. The summed E-state index contributed by atoms with van der Waals surface area (Å²) in [6, 6.07) is 19.6. The molecule has 2 aromatic carbocycles. The number of pyridine rings is 1. The normalized spacial score (nSPS) is 10.6. The summed E-state index contributed by atoms with van der Waals surface area (Å²) >= 11 is 0. The van der Waals surface area contributed by atoms with E-state index in [4.69, 9.17) is 0 Å². The average molecular weight is 374 g/mol. The van der Waals surface area contributed by atoms with Crippen molar-refractivity contribution >= 4 is 28.7 Å². The first-order valence-electron chi connectivity index (χ1n) is 9.34.